The van der Waals surface area contributed by atoms with Gasteiger partial charge < -0.3 is 24.1 Å². The fourth-order valence-electron chi connectivity index (χ4n) is 4.16. The van der Waals surface area contributed by atoms with Gasteiger partial charge in [0.25, 0.3) is 5.91 Å². The van der Waals surface area contributed by atoms with Gasteiger partial charge in [-0.25, -0.2) is 9.18 Å². The van der Waals surface area contributed by atoms with E-state index in [1.165, 1.54) is 17.1 Å². The third-order valence-electron chi connectivity index (χ3n) is 5.76. The number of piperazine rings is 1. The maximum Gasteiger partial charge on any atom is 0.341 e. The minimum Gasteiger partial charge on any atom is -0.477 e. The van der Waals surface area contributed by atoms with Gasteiger partial charge >= 0.3 is 5.97 Å². The number of carboxylic acids is 1. The molecule has 1 saturated heterocycles. The van der Waals surface area contributed by atoms with Gasteiger partial charge in [0.1, 0.15) is 16.8 Å². The molecule has 166 valence electrons. The average Bonchev–Trinajstić information content (AvgIpc) is 3.32. The Kier molecular flexibility index (Phi) is 4.54. The number of amides is 1. The molecule has 11 heteroatoms. The second kappa shape index (κ2) is 7.29. The van der Waals surface area contributed by atoms with Gasteiger partial charge in [0, 0.05) is 39.4 Å². The van der Waals surface area contributed by atoms with Crippen molar-refractivity contribution in [1.29, 1.82) is 0 Å². The number of nitrogens with zero attached hydrogens (tertiary/aromatic N) is 4. The lowest BCUT2D eigenvalue weighted by atomic mass is 10.1. The van der Waals surface area contributed by atoms with Crippen LogP contribution in [0.2, 0.25) is 0 Å². The summed E-state index contributed by atoms with van der Waals surface area (Å²) in [5, 5.41) is 10.9. The molecule has 0 saturated carbocycles. The fourth-order valence-corrected chi connectivity index (χ4v) is 4.16. The molecule has 32 heavy (non-hydrogen) atoms. The highest BCUT2D eigenvalue weighted by Crippen LogP contribution is 2.40. The van der Waals surface area contributed by atoms with E-state index < -0.39 is 22.8 Å². The van der Waals surface area contributed by atoms with Crippen molar-refractivity contribution in [2.45, 2.75) is 0 Å². The van der Waals surface area contributed by atoms with Crippen LogP contribution in [-0.4, -0.2) is 66.5 Å². The largest absolute Gasteiger partial charge is 0.477 e. The molecule has 3 aromatic rings. The van der Waals surface area contributed by atoms with Crippen molar-refractivity contribution >= 4 is 28.5 Å². The smallest absolute Gasteiger partial charge is 0.341 e. The number of benzene rings is 1. The number of hydrogen-bond donors (Lipinski definition) is 1. The third-order valence-corrected chi connectivity index (χ3v) is 5.76. The van der Waals surface area contributed by atoms with Gasteiger partial charge in [-0.15, -0.1) is 0 Å². The highest BCUT2D eigenvalue weighted by Gasteiger charge is 2.32. The van der Waals surface area contributed by atoms with Gasteiger partial charge in [0.15, 0.2) is 24.1 Å². The van der Waals surface area contributed by atoms with Gasteiger partial charge in [-0.05, 0) is 18.2 Å². The molecule has 10 nitrogen and oxygen atoms in total. The summed E-state index contributed by atoms with van der Waals surface area (Å²) >= 11 is 0. The van der Waals surface area contributed by atoms with Gasteiger partial charge in [-0.1, -0.05) is 0 Å². The summed E-state index contributed by atoms with van der Waals surface area (Å²) in [6.45, 7) is 1.43. The highest BCUT2D eigenvalue weighted by atomic mass is 19.1. The van der Waals surface area contributed by atoms with E-state index in [4.69, 9.17) is 9.15 Å². The molecule has 0 radical (unpaired) electrons. The minimum atomic E-state index is -1.39. The van der Waals surface area contributed by atoms with Crippen LogP contribution in [0, 0.1) is 5.82 Å². The highest BCUT2D eigenvalue weighted by molar-refractivity contribution is 5.97. The van der Waals surface area contributed by atoms with E-state index in [0.29, 0.717) is 31.7 Å². The Morgan fingerprint density at radius 1 is 1.19 bits per heavy atom. The molecule has 5 rings (SSSR count). The number of aromatic nitrogens is 1. The number of carbonyl (C=O) groups excluding carboxylic acids is 1. The van der Waals surface area contributed by atoms with E-state index in [1.807, 2.05) is 0 Å². The van der Waals surface area contributed by atoms with Gasteiger partial charge in [0.2, 0.25) is 5.43 Å². The lowest BCUT2D eigenvalue weighted by Crippen LogP contribution is -2.49. The van der Waals surface area contributed by atoms with Crippen LogP contribution in [0.15, 0.2) is 39.9 Å². The molecule has 1 amide bonds. The topological polar surface area (TPSA) is 108 Å². The zero-order valence-corrected chi connectivity index (χ0v) is 17.1. The molecule has 0 atom stereocenters. The number of furan rings is 1. The average molecular weight is 442 g/mol. The molecule has 2 aliphatic rings. The normalized spacial score (nSPS) is 15.8. The lowest BCUT2D eigenvalue weighted by Gasteiger charge is -2.38. The van der Waals surface area contributed by atoms with E-state index in [1.54, 1.807) is 34.0 Å². The summed E-state index contributed by atoms with van der Waals surface area (Å²) in [4.78, 5) is 40.1. The van der Waals surface area contributed by atoms with Crippen LogP contribution >= 0.6 is 0 Å². The number of pyridine rings is 1. The molecule has 0 spiro atoms. The molecule has 2 aromatic heterocycles. The van der Waals surface area contributed by atoms with Gasteiger partial charge in [0.05, 0.1) is 11.6 Å². The Labute approximate surface area is 180 Å². The SMILES string of the molecule is CN1COc2c(N3CCN(C(=O)c4ccco4)CC3)c(F)cc3c(=O)c(C(=O)O)cn1c23. The van der Waals surface area contributed by atoms with E-state index in [9.17, 15) is 19.5 Å². The number of hydrogen-bond acceptors (Lipinski definition) is 7. The standard InChI is InChI=1S/C21H19FN4O6/c1-23-11-32-19-16-12(18(27)13(21(29)30)10-26(16)23)9-14(22)17(19)24-4-6-25(7-5-24)20(28)15-3-2-8-31-15/h2-3,8-10H,4-7,11H2,1H3,(H,29,30). The second-order valence-corrected chi connectivity index (χ2v) is 7.64. The number of anilines is 1. The van der Waals surface area contributed by atoms with E-state index >= 15 is 4.39 Å². The van der Waals surface area contributed by atoms with Gasteiger partial charge in [-0.3, -0.25) is 19.3 Å². The predicted octanol–water partition coefficient (Wildman–Crippen LogP) is 1.31. The van der Waals surface area contributed by atoms with Crippen molar-refractivity contribution in [2.75, 3.05) is 49.9 Å². The van der Waals surface area contributed by atoms with Crippen LogP contribution in [0.4, 0.5) is 10.1 Å². The Morgan fingerprint density at radius 3 is 2.59 bits per heavy atom. The zero-order valence-electron chi connectivity index (χ0n) is 17.1. The molecule has 2 aliphatic heterocycles. The maximum absolute atomic E-state index is 15.3. The van der Waals surface area contributed by atoms with Crippen molar-refractivity contribution in [1.82, 2.24) is 9.58 Å². The fraction of sp³-hybridized carbons (Fsp3) is 0.286. The first-order chi connectivity index (χ1) is 15.4. The third kappa shape index (κ3) is 2.96. The summed E-state index contributed by atoms with van der Waals surface area (Å²) in [6.07, 6.45) is 2.66. The van der Waals surface area contributed by atoms with Crippen molar-refractivity contribution < 1.29 is 28.2 Å². The number of carboxylic acid groups (broad SMARTS) is 1. The maximum atomic E-state index is 15.3. The van der Waals surface area contributed by atoms with E-state index in [2.05, 4.69) is 0 Å². The van der Waals surface area contributed by atoms with Crippen LogP contribution in [0.3, 0.4) is 0 Å². The van der Waals surface area contributed by atoms with Crippen LogP contribution < -0.4 is 20.1 Å². The Hall–Kier alpha value is -4.02. The summed E-state index contributed by atoms with van der Waals surface area (Å²) < 4.78 is 27.7. The Balaban J connectivity index is 1.54. The van der Waals surface area contributed by atoms with Crippen molar-refractivity contribution in [3.8, 4) is 5.75 Å². The molecule has 0 unspecified atom stereocenters. The monoisotopic (exact) mass is 442 g/mol. The molecule has 0 bridgehead atoms. The van der Waals surface area contributed by atoms with E-state index in [0.717, 1.165) is 6.07 Å². The molecular formula is C21H19FN4O6. The zero-order chi connectivity index (χ0) is 22.6. The number of halogens is 1. The molecule has 0 aliphatic carbocycles. The Morgan fingerprint density at radius 2 is 1.94 bits per heavy atom. The van der Waals surface area contributed by atoms with Crippen molar-refractivity contribution in [3.05, 3.63) is 58.0 Å². The van der Waals surface area contributed by atoms with Crippen molar-refractivity contribution in [3.63, 3.8) is 0 Å². The number of rotatable bonds is 3. The molecule has 1 fully saturated rings. The predicted molar refractivity (Wildman–Crippen MR) is 112 cm³/mol. The first-order valence-electron chi connectivity index (χ1n) is 9.94. The number of carbonyl (C=O) groups is 2. The number of ether oxygens (including phenoxy) is 1. The lowest BCUT2D eigenvalue weighted by molar-refractivity contribution is 0.0691. The first-order valence-corrected chi connectivity index (χ1v) is 9.94. The molecule has 1 N–H and O–H groups in total. The minimum absolute atomic E-state index is 0.0391. The molecule has 1 aromatic carbocycles. The summed E-state index contributed by atoms with van der Waals surface area (Å²) in [7, 11) is 1.67. The van der Waals surface area contributed by atoms with E-state index in [-0.39, 0.29) is 35.2 Å². The van der Waals surface area contributed by atoms with Gasteiger partial charge in [-0.2, -0.15) is 0 Å². The van der Waals surface area contributed by atoms with Crippen molar-refractivity contribution in [2.24, 2.45) is 0 Å². The second-order valence-electron chi connectivity index (χ2n) is 7.64. The van der Waals surface area contributed by atoms with Crippen LogP contribution in [0.5, 0.6) is 5.75 Å². The molecule has 4 heterocycles. The van der Waals surface area contributed by atoms with Crippen LogP contribution in [-0.2, 0) is 0 Å². The molecular weight excluding hydrogens is 423 g/mol. The summed E-state index contributed by atoms with van der Waals surface area (Å²) in [5.74, 6) is -1.88. The van der Waals surface area contributed by atoms with Crippen LogP contribution in [0.1, 0.15) is 20.9 Å². The summed E-state index contributed by atoms with van der Waals surface area (Å²) in [6, 6.07) is 4.29. The Bertz CT molecular complexity index is 1290. The summed E-state index contributed by atoms with van der Waals surface area (Å²) in [5.41, 5.74) is -0.733. The quantitative estimate of drug-likeness (QED) is 0.647. The number of aromatic carboxylic acids is 1. The first kappa shape index (κ1) is 19.9. The van der Waals surface area contributed by atoms with Crippen LogP contribution in [0.25, 0.3) is 10.9 Å².